The van der Waals surface area contributed by atoms with E-state index in [4.69, 9.17) is 5.11 Å². The highest BCUT2D eigenvalue weighted by molar-refractivity contribution is 7.89. The Morgan fingerprint density at radius 1 is 0.880 bits per heavy atom. The van der Waals surface area contributed by atoms with Crippen molar-refractivity contribution in [2.24, 2.45) is 5.92 Å². The number of nitrogens with one attached hydrogen (secondary N) is 1. The van der Waals surface area contributed by atoms with Gasteiger partial charge in [0.1, 0.15) is 0 Å². The minimum atomic E-state index is -3.59. The van der Waals surface area contributed by atoms with Gasteiger partial charge in [-0.05, 0) is 48.9 Å². The summed E-state index contributed by atoms with van der Waals surface area (Å²) in [5.41, 5.74) is 1.99. The van der Waals surface area contributed by atoms with Gasteiger partial charge >= 0.3 is 5.97 Å². The Balaban J connectivity index is 1.67. The number of aliphatic carboxylic acids is 1. The quantitative estimate of drug-likeness (QED) is 0.858. The van der Waals surface area contributed by atoms with Gasteiger partial charge in [-0.2, -0.15) is 0 Å². The van der Waals surface area contributed by atoms with Crippen LogP contribution in [-0.2, 0) is 14.8 Å². The molecular formula is C19H21NO4S. The zero-order chi connectivity index (χ0) is 17.9. The van der Waals surface area contributed by atoms with Crippen LogP contribution in [0.4, 0.5) is 0 Å². The molecule has 1 fully saturated rings. The standard InChI is InChI=1S/C19H21NO4S/c21-19(22)16-6-10-17(11-7-16)20-25(23,24)18-12-8-15(9-13-18)14-4-2-1-3-5-14/h1-5,8-9,12-13,16-17,20H,6-7,10-11H2,(H,21,22). The van der Waals surface area contributed by atoms with Crippen molar-refractivity contribution in [2.75, 3.05) is 0 Å². The normalized spacial score (nSPS) is 21.0. The second kappa shape index (κ2) is 7.37. The zero-order valence-corrected chi connectivity index (χ0v) is 14.6. The summed E-state index contributed by atoms with van der Waals surface area (Å²) in [6.07, 6.45) is 2.13. The molecule has 0 aromatic heterocycles. The zero-order valence-electron chi connectivity index (χ0n) is 13.8. The molecule has 132 valence electrons. The minimum absolute atomic E-state index is 0.200. The van der Waals surface area contributed by atoms with Gasteiger partial charge in [-0.25, -0.2) is 13.1 Å². The maximum Gasteiger partial charge on any atom is 0.306 e. The molecule has 0 unspecified atom stereocenters. The molecule has 2 aromatic rings. The third kappa shape index (κ3) is 4.27. The molecule has 1 aliphatic carbocycles. The molecule has 0 aliphatic heterocycles. The first kappa shape index (κ1) is 17.6. The average Bonchev–Trinajstić information content (AvgIpc) is 2.63. The molecule has 2 aromatic carbocycles. The first-order chi connectivity index (χ1) is 12.0. The maximum atomic E-state index is 12.5. The molecule has 5 nitrogen and oxygen atoms in total. The van der Waals surface area contributed by atoms with Gasteiger partial charge in [0.15, 0.2) is 0 Å². The van der Waals surface area contributed by atoms with Gasteiger partial charge < -0.3 is 5.11 Å². The summed E-state index contributed by atoms with van der Waals surface area (Å²) >= 11 is 0. The molecule has 0 amide bonds. The number of sulfonamides is 1. The van der Waals surface area contributed by atoms with Gasteiger partial charge in [-0.1, -0.05) is 42.5 Å². The Kier molecular flexibility index (Phi) is 5.20. The summed E-state index contributed by atoms with van der Waals surface area (Å²) in [6.45, 7) is 0. The molecular weight excluding hydrogens is 338 g/mol. The Morgan fingerprint density at radius 3 is 2.00 bits per heavy atom. The van der Waals surface area contributed by atoms with Crippen molar-refractivity contribution in [2.45, 2.75) is 36.6 Å². The van der Waals surface area contributed by atoms with Crippen LogP contribution in [0.3, 0.4) is 0 Å². The molecule has 0 atom stereocenters. The van der Waals surface area contributed by atoms with Crippen molar-refractivity contribution in [3.63, 3.8) is 0 Å². The largest absolute Gasteiger partial charge is 0.481 e. The van der Waals surface area contributed by atoms with E-state index in [0.717, 1.165) is 11.1 Å². The van der Waals surface area contributed by atoms with Gasteiger partial charge in [-0.3, -0.25) is 4.79 Å². The third-order valence-corrected chi connectivity index (χ3v) is 6.21. The van der Waals surface area contributed by atoms with Crippen molar-refractivity contribution >= 4 is 16.0 Å². The van der Waals surface area contributed by atoms with Crippen molar-refractivity contribution in [3.05, 3.63) is 54.6 Å². The van der Waals surface area contributed by atoms with Crippen molar-refractivity contribution in [1.29, 1.82) is 0 Å². The van der Waals surface area contributed by atoms with Gasteiger partial charge in [0, 0.05) is 6.04 Å². The predicted octanol–water partition coefficient (Wildman–Crippen LogP) is 3.28. The number of rotatable bonds is 5. The van der Waals surface area contributed by atoms with E-state index in [1.807, 2.05) is 30.3 Å². The molecule has 0 bridgehead atoms. The van der Waals surface area contributed by atoms with Gasteiger partial charge in [-0.15, -0.1) is 0 Å². The Bertz CT molecular complexity index is 823. The molecule has 0 heterocycles. The topological polar surface area (TPSA) is 83.5 Å². The fourth-order valence-corrected chi connectivity index (χ4v) is 4.51. The van der Waals surface area contributed by atoms with E-state index in [-0.39, 0.29) is 16.9 Å². The predicted molar refractivity (Wildman–Crippen MR) is 95.6 cm³/mol. The fraction of sp³-hybridized carbons (Fsp3) is 0.316. The smallest absolute Gasteiger partial charge is 0.306 e. The van der Waals surface area contributed by atoms with E-state index < -0.39 is 16.0 Å². The summed E-state index contributed by atoms with van der Waals surface area (Å²) in [4.78, 5) is 11.2. The Labute approximate surface area is 147 Å². The Hall–Kier alpha value is -2.18. The third-order valence-electron chi connectivity index (χ3n) is 4.67. The first-order valence-corrected chi connectivity index (χ1v) is 9.84. The minimum Gasteiger partial charge on any atom is -0.481 e. The van der Waals surface area contributed by atoms with Gasteiger partial charge in [0.05, 0.1) is 10.8 Å². The van der Waals surface area contributed by atoms with E-state index in [9.17, 15) is 13.2 Å². The van der Waals surface area contributed by atoms with Gasteiger partial charge in [0.2, 0.25) is 10.0 Å². The van der Waals surface area contributed by atoms with Crippen LogP contribution in [0, 0.1) is 5.92 Å². The fourth-order valence-electron chi connectivity index (χ4n) is 3.20. The van der Waals surface area contributed by atoms with E-state index in [0.29, 0.717) is 25.7 Å². The lowest BCUT2D eigenvalue weighted by atomic mass is 9.87. The van der Waals surface area contributed by atoms with Crippen molar-refractivity contribution < 1.29 is 18.3 Å². The number of benzene rings is 2. The second-order valence-electron chi connectivity index (χ2n) is 6.40. The molecule has 0 radical (unpaired) electrons. The molecule has 25 heavy (non-hydrogen) atoms. The molecule has 3 rings (SSSR count). The summed E-state index contributed by atoms with van der Waals surface area (Å²) in [7, 11) is -3.59. The molecule has 1 aliphatic rings. The summed E-state index contributed by atoms with van der Waals surface area (Å²) in [5.74, 6) is -1.15. The van der Waals surface area contributed by atoms with Crippen LogP contribution in [0.2, 0.25) is 0 Å². The van der Waals surface area contributed by atoms with Crippen LogP contribution in [0.1, 0.15) is 25.7 Å². The lowest BCUT2D eigenvalue weighted by Gasteiger charge is -2.26. The lowest BCUT2D eigenvalue weighted by Crippen LogP contribution is -2.38. The molecule has 0 saturated heterocycles. The molecule has 2 N–H and O–H groups in total. The summed E-state index contributed by atoms with van der Waals surface area (Å²) in [6, 6.07) is 16.4. The second-order valence-corrected chi connectivity index (χ2v) is 8.11. The SMILES string of the molecule is O=C(O)C1CCC(NS(=O)(=O)c2ccc(-c3ccccc3)cc2)CC1. The molecule has 1 saturated carbocycles. The number of carbonyl (C=O) groups is 1. The molecule has 0 spiro atoms. The number of carboxylic acids is 1. The van der Waals surface area contributed by atoms with Crippen LogP contribution < -0.4 is 4.72 Å². The maximum absolute atomic E-state index is 12.5. The van der Waals surface area contributed by atoms with E-state index >= 15 is 0 Å². The summed E-state index contributed by atoms with van der Waals surface area (Å²) < 4.78 is 27.8. The average molecular weight is 359 g/mol. The summed E-state index contributed by atoms with van der Waals surface area (Å²) in [5, 5.41) is 9.02. The highest BCUT2D eigenvalue weighted by Crippen LogP contribution is 2.26. The monoisotopic (exact) mass is 359 g/mol. The van der Waals surface area contributed by atoms with E-state index in [1.165, 1.54) is 0 Å². The number of hydrogen-bond donors (Lipinski definition) is 2. The van der Waals surface area contributed by atoms with Crippen molar-refractivity contribution in [1.82, 2.24) is 4.72 Å². The highest BCUT2D eigenvalue weighted by atomic mass is 32.2. The number of hydrogen-bond acceptors (Lipinski definition) is 3. The highest BCUT2D eigenvalue weighted by Gasteiger charge is 2.28. The van der Waals surface area contributed by atoms with Crippen LogP contribution in [-0.4, -0.2) is 25.5 Å². The van der Waals surface area contributed by atoms with Crippen LogP contribution in [0.5, 0.6) is 0 Å². The van der Waals surface area contributed by atoms with E-state index in [1.54, 1.807) is 24.3 Å². The van der Waals surface area contributed by atoms with Crippen molar-refractivity contribution in [3.8, 4) is 11.1 Å². The molecule has 6 heteroatoms. The lowest BCUT2D eigenvalue weighted by molar-refractivity contribution is -0.142. The van der Waals surface area contributed by atoms with Gasteiger partial charge in [0.25, 0.3) is 0 Å². The van der Waals surface area contributed by atoms with Crippen LogP contribution in [0.25, 0.3) is 11.1 Å². The Morgan fingerprint density at radius 2 is 1.44 bits per heavy atom. The number of carboxylic acid groups (broad SMARTS) is 1. The van der Waals surface area contributed by atoms with E-state index in [2.05, 4.69) is 4.72 Å². The van der Waals surface area contributed by atoms with Crippen LogP contribution >= 0.6 is 0 Å². The first-order valence-electron chi connectivity index (χ1n) is 8.36. The van der Waals surface area contributed by atoms with Crippen LogP contribution in [0.15, 0.2) is 59.5 Å².